The van der Waals surface area contributed by atoms with Crippen LogP contribution in [0, 0.1) is 0 Å². The van der Waals surface area contributed by atoms with Crippen molar-refractivity contribution < 1.29 is 9.90 Å². The maximum Gasteiger partial charge on any atom is 0.359 e. The predicted molar refractivity (Wildman–Crippen MR) is 44.5 cm³/mol. The van der Waals surface area contributed by atoms with E-state index in [1.54, 1.807) is 6.08 Å². The topological polar surface area (TPSA) is 37.0 Å². The van der Waals surface area contributed by atoms with Crippen molar-refractivity contribution in [2.45, 2.75) is 6.42 Å². The van der Waals surface area contributed by atoms with Crippen LogP contribution in [0.1, 0.15) is 6.42 Å². The first kappa shape index (κ1) is 12.1. The van der Waals surface area contributed by atoms with E-state index < -0.39 is 5.97 Å². The molecule has 3 heteroatoms. The van der Waals surface area contributed by atoms with Gasteiger partial charge >= 0.3 is 5.97 Å². The largest absolute Gasteiger partial charge is 0.359 e. The van der Waals surface area contributed by atoms with Crippen molar-refractivity contribution in [3.63, 3.8) is 0 Å². The molecule has 0 fully saturated rings. The van der Waals surface area contributed by atoms with Crippen molar-refractivity contribution >= 4 is 21.9 Å². The monoisotopic (exact) mass is 205 g/mol. The lowest BCUT2D eigenvalue weighted by Gasteiger charge is -1.69. The van der Waals surface area contributed by atoms with Crippen molar-refractivity contribution in [1.29, 1.82) is 0 Å². The number of carbonyl (C=O) groups is 1. The molecule has 10 heavy (non-hydrogen) atoms. The normalized spacial score (nSPS) is 6.90. The fraction of sp³-hybridized carbons (Fsp3) is 0.286. The average molecular weight is 206 g/mol. The van der Waals surface area contributed by atoms with Crippen LogP contribution in [0.5, 0.6) is 0 Å². The van der Waals surface area contributed by atoms with Gasteiger partial charge in [-0.15, -0.1) is 13.2 Å². The Morgan fingerprint density at radius 2 is 1.80 bits per heavy atom. The zero-order chi connectivity index (χ0) is 8.41. The number of carbonyl (C=O) groups excluding carboxylic acids is 1. The van der Waals surface area contributed by atoms with Crippen LogP contribution in [-0.2, 0) is 9.90 Å². The molecule has 0 rings (SSSR count). The summed E-state index contributed by atoms with van der Waals surface area (Å²) < 4.78 is 0. The summed E-state index contributed by atoms with van der Waals surface area (Å²) in [7, 11) is 0. The van der Waals surface area contributed by atoms with Crippen molar-refractivity contribution in [3.05, 3.63) is 25.3 Å². The summed E-state index contributed by atoms with van der Waals surface area (Å²) in [5.41, 5.74) is 0. The molecule has 0 N–H and O–H groups in total. The molecule has 0 spiro atoms. The van der Waals surface area contributed by atoms with E-state index in [4.69, 9.17) is 0 Å². The van der Waals surface area contributed by atoms with Gasteiger partial charge in [-0.05, 0) is 0 Å². The number of alkyl halides is 1. The van der Waals surface area contributed by atoms with Crippen LogP contribution >= 0.6 is 15.9 Å². The lowest BCUT2D eigenvalue weighted by molar-refractivity contribution is -0.142. The summed E-state index contributed by atoms with van der Waals surface area (Å²) in [6.07, 6.45) is 3.02. The molecule has 0 aromatic rings. The minimum Gasteiger partial charge on any atom is -0.247 e. The first-order chi connectivity index (χ1) is 4.68. The van der Waals surface area contributed by atoms with E-state index in [-0.39, 0.29) is 6.42 Å². The molecule has 0 saturated carbocycles. The second-order valence-electron chi connectivity index (χ2n) is 1.31. The molecule has 0 unspecified atom stereocenters. The van der Waals surface area contributed by atoms with Crippen LogP contribution < -0.4 is 0 Å². The Hall–Kier alpha value is -0.570. The molecule has 0 saturated heterocycles. The molecule has 0 amide bonds. The van der Waals surface area contributed by atoms with Gasteiger partial charge in [0.25, 0.3) is 0 Å². The Kier molecular flexibility index (Phi) is 13.7. The number of rotatable bonds is 3. The SMILES string of the molecule is C=CCBr.C=CCC([O])=O. The molecule has 0 bridgehead atoms. The number of hydrogen-bond acceptors (Lipinski definition) is 1. The first-order valence-electron chi connectivity index (χ1n) is 2.66. The first-order valence-corrected chi connectivity index (χ1v) is 3.78. The molecular weight excluding hydrogens is 196 g/mol. The third-order valence-electron chi connectivity index (χ3n) is 0.420. The molecule has 0 aromatic carbocycles. The zero-order valence-electron chi connectivity index (χ0n) is 5.68. The molecule has 0 aliphatic rings. The van der Waals surface area contributed by atoms with Crippen LogP contribution in [0.4, 0.5) is 0 Å². The minimum atomic E-state index is -1.08. The molecule has 0 aliphatic heterocycles. The zero-order valence-corrected chi connectivity index (χ0v) is 7.26. The lowest BCUT2D eigenvalue weighted by Crippen LogP contribution is -1.85. The van der Waals surface area contributed by atoms with Crippen molar-refractivity contribution in [2.24, 2.45) is 0 Å². The highest BCUT2D eigenvalue weighted by molar-refractivity contribution is 9.09. The summed E-state index contributed by atoms with van der Waals surface area (Å²) in [6.45, 7) is 6.61. The minimum absolute atomic E-state index is 0.0556. The summed E-state index contributed by atoms with van der Waals surface area (Å²) in [5, 5.41) is 10.3. The van der Waals surface area contributed by atoms with Crippen molar-refractivity contribution in [3.8, 4) is 0 Å². The van der Waals surface area contributed by atoms with Crippen molar-refractivity contribution in [2.75, 3.05) is 5.33 Å². The third-order valence-corrected chi connectivity index (χ3v) is 0.878. The van der Waals surface area contributed by atoms with Gasteiger partial charge in [0.1, 0.15) is 0 Å². The van der Waals surface area contributed by atoms with Gasteiger partial charge in [-0.1, -0.05) is 28.1 Å². The third kappa shape index (κ3) is 26.1. The molecule has 0 heterocycles. The Bertz CT molecular complexity index is 110. The summed E-state index contributed by atoms with van der Waals surface area (Å²) in [6, 6.07) is 0. The highest BCUT2D eigenvalue weighted by atomic mass is 79.9. The number of halogens is 1. The molecule has 57 valence electrons. The Balaban J connectivity index is 0. The van der Waals surface area contributed by atoms with Crippen LogP contribution in [-0.4, -0.2) is 11.3 Å². The van der Waals surface area contributed by atoms with E-state index >= 15 is 0 Å². The fourth-order valence-corrected chi connectivity index (χ4v) is 0.118. The molecule has 0 atom stereocenters. The molecular formula is C7H10BrO2. The van der Waals surface area contributed by atoms with E-state index in [1.807, 2.05) is 0 Å². The van der Waals surface area contributed by atoms with Crippen LogP contribution in [0.15, 0.2) is 25.3 Å². The molecule has 0 aliphatic carbocycles. The van der Waals surface area contributed by atoms with Gasteiger partial charge < -0.3 is 0 Å². The van der Waals surface area contributed by atoms with Crippen LogP contribution in [0.2, 0.25) is 0 Å². The second kappa shape index (κ2) is 11.3. The summed E-state index contributed by atoms with van der Waals surface area (Å²) in [4.78, 5) is 9.42. The van der Waals surface area contributed by atoms with Gasteiger partial charge in [0.05, 0.1) is 6.42 Å². The highest BCUT2D eigenvalue weighted by Crippen LogP contribution is 1.75. The Morgan fingerprint density at radius 1 is 1.40 bits per heavy atom. The van der Waals surface area contributed by atoms with E-state index in [0.29, 0.717) is 0 Å². The number of hydrogen-bond donors (Lipinski definition) is 0. The van der Waals surface area contributed by atoms with E-state index in [2.05, 4.69) is 29.1 Å². The standard InChI is InChI=1S/C4H5O2.C3H5Br/c1-2-3-4(5)6;1-2-3-4/h2H,1,3H2;2H,1,3H2. The molecule has 0 aromatic heterocycles. The van der Waals surface area contributed by atoms with Gasteiger partial charge in [0, 0.05) is 5.33 Å². The van der Waals surface area contributed by atoms with E-state index in [9.17, 15) is 9.90 Å². The summed E-state index contributed by atoms with van der Waals surface area (Å²) >= 11 is 3.13. The Morgan fingerprint density at radius 3 is 1.80 bits per heavy atom. The van der Waals surface area contributed by atoms with Gasteiger partial charge in [-0.25, -0.2) is 9.90 Å². The number of allylic oxidation sites excluding steroid dienone is 1. The molecule has 1 radical (unpaired) electrons. The van der Waals surface area contributed by atoms with Crippen molar-refractivity contribution in [1.82, 2.24) is 0 Å². The highest BCUT2D eigenvalue weighted by Gasteiger charge is 1.88. The molecule has 2 nitrogen and oxygen atoms in total. The van der Waals surface area contributed by atoms with E-state index in [0.717, 1.165) is 5.33 Å². The summed E-state index contributed by atoms with van der Waals surface area (Å²) in [5.74, 6) is -1.08. The quantitative estimate of drug-likeness (QED) is 0.514. The predicted octanol–water partition coefficient (Wildman–Crippen LogP) is 2.09. The van der Waals surface area contributed by atoms with Gasteiger partial charge in [0.15, 0.2) is 0 Å². The van der Waals surface area contributed by atoms with Gasteiger partial charge in [-0.2, -0.15) is 0 Å². The lowest BCUT2D eigenvalue weighted by atomic mass is 10.4. The van der Waals surface area contributed by atoms with Crippen LogP contribution in [0.3, 0.4) is 0 Å². The second-order valence-corrected chi connectivity index (χ2v) is 1.96. The smallest absolute Gasteiger partial charge is 0.247 e. The van der Waals surface area contributed by atoms with Crippen LogP contribution in [0.25, 0.3) is 0 Å². The van der Waals surface area contributed by atoms with E-state index in [1.165, 1.54) is 6.08 Å². The maximum absolute atomic E-state index is 9.42. The maximum atomic E-state index is 9.42. The fourth-order valence-electron chi connectivity index (χ4n) is 0.118. The Labute approximate surface area is 69.4 Å². The average Bonchev–Trinajstić information content (AvgIpc) is 1.89. The van der Waals surface area contributed by atoms with Gasteiger partial charge in [0.2, 0.25) is 0 Å². The van der Waals surface area contributed by atoms with Gasteiger partial charge in [-0.3, -0.25) is 0 Å².